The first kappa shape index (κ1) is 16.4. The number of thioether (sulfide) groups is 1. The SMILES string of the molecule is CC(C)Sc1ccccc1C(=O)NCC1CCCC(O)C1. The number of aliphatic hydroxyl groups is 1. The molecule has 2 atom stereocenters. The van der Waals surface area contributed by atoms with E-state index in [1.54, 1.807) is 11.8 Å². The third-order valence-corrected chi connectivity index (χ3v) is 4.88. The van der Waals surface area contributed by atoms with Crippen LogP contribution in [0.15, 0.2) is 29.2 Å². The molecule has 21 heavy (non-hydrogen) atoms. The largest absolute Gasteiger partial charge is 0.393 e. The first-order valence-corrected chi connectivity index (χ1v) is 8.66. The van der Waals surface area contributed by atoms with Crippen LogP contribution in [-0.2, 0) is 0 Å². The van der Waals surface area contributed by atoms with Crippen LogP contribution in [0.4, 0.5) is 0 Å². The summed E-state index contributed by atoms with van der Waals surface area (Å²) in [7, 11) is 0. The number of amides is 1. The van der Waals surface area contributed by atoms with Gasteiger partial charge in [0.05, 0.1) is 11.7 Å². The highest BCUT2D eigenvalue weighted by Crippen LogP contribution is 2.27. The van der Waals surface area contributed by atoms with Gasteiger partial charge in [0.25, 0.3) is 5.91 Å². The highest BCUT2D eigenvalue weighted by atomic mass is 32.2. The van der Waals surface area contributed by atoms with Crippen molar-refractivity contribution in [3.63, 3.8) is 0 Å². The van der Waals surface area contributed by atoms with Gasteiger partial charge in [0.1, 0.15) is 0 Å². The second-order valence-corrected chi connectivity index (χ2v) is 7.68. The quantitative estimate of drug-likeness (QED) is 0.819. The maximum atomic E-state index is 12.4. The molecule has 1 aliphatic carbocycles. The summed E-state index contributed by atoms with van der Waals surface area (Å²) in [6, 6.07) is 7.77. The Kier molecular flexibility index (Phi) is 6.12. The molecule has 1 saturated carbocycles. The standard InChI is InChI=1S/C17H25NO2S/c1-12(2)21-16-9-4-3-8-15(16)17(20)18-11-13-6-5-7-14(19)10-13/h3-4,8-9,12-14,19H,5-7,10-11H2,1-2H3,(H,18,20). The summed E-state index contributed by atoms with van der Waals surface area (Å²) in [4.78, 5) is 13.4. The molecule has 0 spiro atoms. The second-order valence-electron chi connectivity index (χ2n) is 6.06. The molecule has 1 fully saturated rings. The van der Waals surface area contributed by atoms with Crippen LogP contribution >= 0.6 is 11.8 Å². The second kappa shape index (κ2) is 7.85. The molecule has 0 radical (unpaired) electrons. The number of benzene rings is 1. The molecule has 2 N–H and O–H groups in total. The number of carbonyl (C=O) groups is 1. The lowest BCUT2D eigenvalue weighted by molar-refractivity contribution is 0.0871. The maximum Gasteiger partial charge on any atom is 0.252 e. The molecular formula is C17H25NO2S. The van der Waals surface area contributed by atoms with Gasteiger partial charge in [-0.2, -0.15) is 0 Å². The van der Waals surface area contributed by atoms with Gasteiger partial charge in [0, 0.05) is 16.7 Å². The van der Waals surface area contributed by atoms with Crippen LogP contribution in [0.25, 0.3) is 0 Å². The topological polar surface area (TPSA) is 49.3 Å². The van der Waals surface area contributed by atoms with Gasteiger partial charge in [-0.25, -0.2) is 0 Å². The van der Waals surface area contributed by atoms with Crippen molar-refractivity contribution in [2.75, 3.05) is 6.54 Å². The summed E-state index contributed by atoms with van der Waals surface area (Å²) in [5, 5.41) is 13.2. The fourth-order valence-electron chi connectivity index (χ4n) is 2.79. The lowest BCUT2D eigenvalue weighted by atomic mass is 9.87. The number of rotatable bonds is 5. The molecular weight excluding hydrogens is 282 g/mol. The first-order chi connectivity index (χ1) is 10.1. The molecule has 4 heteroatoms. The number of aliphatic hydroxyl groups excluding tert-OH is 1. The van der Waals surface area contributed by atoms with E-state index in [0.29, 0.717) is 17.7 Å². The van der Waals surface area contributed by atoms with Gasteiger partial charge in [-0.05, 0) is 37.3 Å². The van der Waals surface area contributed by atoms with Gasteiger partial charge >= 0.3 is 0 Å². The Morgan fingerprint density at radius 1 is 1.38 bits per heavy atom. The van der Waals surface area contributed by atoms with Crippen molar-refractivity contribution in [2.24, 2.45) is 5.92 Å². The zero-order valence-corrected chi connectivity index (χ0v) is 13.7. The number of nitrogens with one attached hydrogen (secondary N) is 1. The molecule has 1 aromatic carbocycles. The van der Waals surface area contributed by atoms with Gasteiger partial charge < -0.3 is 10.4 Å². The normalized spacial score (nSPS) is 22.3. The Labute approximate surface area is 131 Å². The van der Waals surface area contributed by atoms with Gasteiger partial charge in [0.2, 0.25) is 0 Å². The zero-order chi connectivity index (χ0) is 15.2. The van der Waals surface area contributed by atoms with E-state index in [1.165, 1.54) is 0 Å². The molecule has 2 unspecified atom stereocenters. The van der Waals surface area contributed by atoms with E-state index in [9.17, 15) is 9.90 Å². The lowest BCUT2D eigenvalue weighted by Crippen LogP contribution is -2.33. The average Bonchev–Trinajstić information content (AvgIpc) is 2.45. The van der Waals surface area contributed by atoms with Crippen LogP contribution < -0.4 is 5.32 Å². The molecule has 1 amide bonds. The first-order valence-electron chi connectivity index (χ1n) is 7.78. The molecule has 0 aliphatic heterocycles. The predicted octanol–water partition coefficient (Wildman–Crippen LogP) is 3.47. The highest BCUT2D eigenvalue weighted by Gasteiger charge is 2.21. The van der Waals surface area contributed by atoms with Crippen molar-refractivity contribution in [2.45, 2.75) is 55.8 Å². The van der Waals surface area contributed by atoms with E-state index in [0.717, 1.165) is 36.1 Å². The third-order valence-electron chi connectivity index (χ3n) is 3.80. The Morgan fingerprint density at radius 3 is 2.86 bits per heavy atom. The molecule has 2 rings (SSSR count). The van der Waals surface area contributed by atoms with Crippen LogP contribution in [0, 0.1) is 5.92 Å². The van der Waals surface area contributed by atoms with Crippen LogP contribution in [0.3, 0.4) is 0 Å². The van der Waals surface area contributed by atoms with Crippen molar-refractivity contribution in [1.82, 2.24) is 5.32 Å². The van der Waals surface area contributed by atoms with Gasteiger partial charge in [-0.3, -0.25) is 4.79 Å². The van der Waals surface area contributed by atoms with Gasteiger partial charge in [-0.1, -0.05) is 32.4 Å². The molecule has 0 aromatic heterocycles. The number of hydrogen-bond donors (Lipinski definition) is 2. The van der Waals surface area contributed by atoms with Crippen LogP contribution in [0.1, 0.15) is 49.9 Å². The highest BCUT2D eigenvalue weighted by molar-refractivity contribution is 8.00. The average molecular weight is 307 g/mol. The van der Waals surface area contributed by atoms with Crippen LogP contribution in [0.2, 0.25) is 0 Å². The summed E-state index contributed by atoms with van der Waals surface area (Å²) in [5.74, 6) is 0.404. The van der Waals surface area contributed by atoms with Crippen molar-refractivity contribution in [1.29, 1.82) is 0 Å². The Morgan fingerprint density at radius 2 is 2.14 bits per heavy atom. The number of carbonyl (C=O) groups excluding carboxylic acids is 1. The molecule has 0 saturated heterocycles. The lowest BCUT2D eigenvalue weighted by Gasteiger charge is -2.26. The minimum atomic E-state index is -0.190. The molecule has 1 aliphatic rings. The van der Waals surface area contributed by atoms with E-state index < -0.39 is 0 Å². The van der Waals surface area contributed by atoms with E-state index in [1.807, 2.05) is 24.3 Å². The van der Waals surface area contributed by atoms with Gasteiger partial charge in [-0.15, -0.1) is 11.8 Å². The van der Waals surface area contributed by atoms with Crippen molar-refractivity contribution in [3.8, 4) is 0 Å². The minimum absolute atomic E-state index is 0.00110. The monoisotopic (exact) mass is 307 g/mol. The fourth-order valence-corrected chi connectivity index (χ4v) is 3.74. The van der Waals surface area contributed by atoms with E-state index in [-0.39, 0.29) is 12.0 Å². The Hall–Kier alpha value is -1.00. The summed E-state index contributed by atoms with van der Waals surface area (Å²) < 4.78 is 0. The van der Waals surface area contributed by atoms with Crippen LogP contribution in [-0.4, -0.2) is 28.9 Å². The molecule has 1 aromatic rings. The van der Waals surface area contributed by atoms with E-state index in [2.05, 4.69) is 19.2 Å². The van der Waals surface area contributed by atoms with Crippen molar-refractivity contribution >= 4 is 17.7 Å². The maximum absolute atomic E-state index is 12.4. The Bertz CT molecular complexity index is 476. The zero-order valence-electron chi connectivity index (χ0n) is 12.8. The summed E-state index contributed by atoms with van der Waals surface area (Å²) in [5.41, 5.74) is 0.757. The molecule has 3 nitrogen and oxygen atoms in total. The third kappa shape index (κ3) is 5.04. The summed E-state index contributed by atoms with van der Waals surface area (Å²) in [6.45, 7) is 4.92. The van der Waals surface area contributed by atoms with E-state index in [4.69, 9.17) is 0 Å². The van der Waals surface area contributed by atoms with Gasteiger partial charge in [0.15, 0.2) is 0 Å². The summed E-state index contributed by atoms with van der Waals surface area (Å²) >= 11 is 1.71. The fraction of sp³-hybridized carbons (Fsp3) is 0.588. The predicted molar refractivity (Wildman–Crippen MR) is 87.7 cm³/mol. The van der Waals surface area contributed by atoms with Crippen LogP contribution in [0.5, 0.6) is 0 Å². The van der Waals surface area contributed by atoms with Crippen molar-refractivity contribution < 1.29 is 9.90 Å². The Balaban J connectivity index is 1.94. The van der Waals surface area contributed by atoms with E-state index >= 15 is 0 Å². The molecule has 116 valence electrons. The molecule has 0 heterocycles. The minimum Gasteiger partial charge on any atom is -0.393 e. The molecule has 0 bridgehead atoms. The smallest absolute Gasteiger partial charge is 0.252 e. The summed E-state index contributed by atoms with van der Waals surface area (Å²) in [6.07, 6.45) is 3.67. The number of hydrogen-bond acceptors (Lipinski definition) is 3. The van der Waals surface area contributed by atoms with Crippen molar-refractivity contribution in [3.05, 3.63) is 29.8 Å².